The van der Waals surface area contributed by atoms with Crippen molar-refractivity contribution in [3.05, 3.63) is 0 Å². The molecule has 0 saturated carbocycles. The first-order valence-corrected chi connectivity index (χ1v) is 0.943. The van der Waals surface area contributed by atoms with E-state index in [0.29, 0.717) is 0 Å². The molecule has 0 aliphatic rings. The van der Waals surface area contributed by atoms with Gasteiger partial charge in [0, 0.05) is 44.4 Å². The molecule has 0 aromatic carbocycles. The number of hydrogen-bond acceptors (Lipinski definition) is 4. The quantitative estimate of drug-likeness (QED) is 0.306. The van der Waals surface area contributed by atoms with Crippen molar-refractivity contribution in [1.82, 2.24) is 0 Å². The van der Waals surface area contributed by atoms with Gasteiger partial charge in [0.25, 0.3) is 0 Å². The smallest absolute Gasteiger partial charge is 0 e. The molecule has 4 nitrogen and oxygen atoms in total. The standard InChI is InChI=1S/4CHO.Co.Hg/c4*1-2;;/h4*1H;;/q4*-1;;. The van der Waals surface area contributed by atoms with E-state index in [9.17, 15) is 0 Å². The summed E-state index contributed by atoms with van der Waals surface area (Å²) in [7, 11) is 0. The van der Waals surface area contributed by atoms with Gasteiger partial charge in [0.2, 0.25) is 0 Å². The molecule has 0 heterocycles. The molecule has 0 fully saturated rings. The van der Waals surface area contributed by atoms with Crippen LogP contribution in [0.1, 0.15) is 0 Å². The van der Waals surface area contributed by atoms with Crippen molar-refractivity contribution >= 4 is 27.2 Å². The molecule has 0 aromatic rings. The molecule has 59 valence electrons. The predicted molar refractivity (Wildman–Crippen MR) is 27.0 cm³/mol. The molecule has 10 heavy (non-hydrogen) atoms. The van der Waals surface area contributed by atoms with Crippen LogP contribution in [0.5, 0.6) is 0 Å². The summed E-state index contributed by atoms with van der Waals surface area (Å²) in [6.07, 6.45) is 0. The number of carbonyl (C=O) groups excluding carboxylic acids is 4. The van der Waals surface area contributed by atoms with Crippen molar-refractivity contribution in [3.63, 3.8) is 0 Å². The second-order valence-electron chi connectivity index (χ2n) is 0. The van der Waals surface area contributed by atoms with Crippen LogP contribution < -0.4 is 0 Å². The van der Waals surface area contributed by atoms with Crippen LogP contribution >= 0.6 is 0 Å². The average Bonchev–Trinajstić information content (AvgIpc) is 2.03. The molecule has 0 saturated heterocycles. The third-order valence-electron chi connectivity index (χ3n) is 0. The predicted octanol–water partition coefficient (Wildman–Crippen LogP) is -1.10. The molecule has 0 aliphatic heterocycles. The van der Waals surface area contributed by atoms with Crippen LogP contribution in [0, 0.1) is 0 Å². The van der Waals surface area contributed by atoms with Crippen LogP contribution in [-0.4, -0.2) is 27.2 Å². The Morgan fingerprint density at radius 2 is 0.500 bits per heavy atom. The van der Waals surface area contributed by atoms with E-state index in [4.69, 9.17) is 19.2 Å². The topological polar surface area (TPSA) is 68.3 Å². The molecule has 0 aliphatic carbocycles. The number of rotatable bonds is 0. The van der Waals surface area contributed by atoms with Gasteiger partial charge in [0.05, 0.1) is 0 Å². The summed E-state index contributed by atoms with van der Waals surface area (Å²) in [5.74, 6) is 0. The molecular weight excluding hydrogens is 372 g/mol. The SMILES string of the molecule is [CH-]=O.[CH-]=O.[CH-]=O.[CH-]=O.[Co].[Hg]. The molecule has 0 unspecified atom stereocenters. The van der Waals surface area contributed by atoms with Gasteiger partial charge < -0.3 is 19.2 Å². The van der Waals surface area contributed by atoms with E-state index in [0.717, 1.165) is 0 Å². The molecule has 0 atom stereocenters. The molecule has 6 heteroatoms. The molecule has 0 aromatic heterocycles. The largest absolute Gasteiger partial charge is 0.545 e. The normalized spacial score (nSPS) is 1.60. The van der Waals surface area contributed by atoms with Crippen LogP contribution in [0.2, 0.25) is 0 Å². The van der Waals surface area contributed by atoms with E-state index in [1.807, 2.05) is 0 Å². The Kier molecular flexibility index (Phi) is 202000. The second kappa shape index (κ2) is 40700. The van der Waals surface area contributed by atoms with E-state index < -0.39 is 0 Å². The van der Waals surface area contributed by atoms with Gasteiger partial charge in [0.15, 0.2) is 0 Å². The molecule has 0 rings (SSSR count). The van der Waals surface area contributed by atoms with Crippen LogP contribution in [0.4, 0.5) is 0 Å². The maximum atomic E-state index is 7.75. The van der Waals surface area contributed by atoms with E-state index in [1.54, 1.807) is 0 Å². The van der Waals surface area contributed by atoms with Gasteiger partial charge in [-0.25, -0.2) is 0 Å². The molecule has 1 radical (unpaired) electrons. The van der Waals surface area contributed by atoms with Gasteiger partial charge in [-0.1, -0.05) is 0 Å². The Hall–Kier alpha value is 0.122. The van der Waals surface area contributed by atoms with Gasteiger partial charge in [-0.15, -0.1) is 0 Å². The Morgan fingerprint density at radius 3 is 0.500 bits per heavy atom. The molecule has 0 amide bonds. The Balaban J connectivity index is -0.00000000500. The van der Waals surface area contributed by atoms with Gasteiger partial charge >= 0.3 is 0 Å². The summed E-state index contributed by atoms with van der Waals surface area (Å²) < 4.78 is 0. The van der Waals surface area contributed by atoms with Crippen LogP contribution in [0.3, 0.4) is 0 Å². The molecule has 0 bridgehead atoms. The summed E-state index contributed by atoms with van der Waals surface area (Å²) in [5.41, 5.74) is 0. The monoisotopic (exact) mass is 377 g/mol. The maximum Gasteiger partial charge on any atom is 0 e. The van der Waals surface area contributed by atoms with Crippen molar-refractivity contribution in [1.29, 1.82) is 0 Å². The first-order chi connectivity index (χ1) is 4.00. The van der Waals surface area contributed by atoms with E-state index >= 15 is 0 Å². The van der Waals surface area contributed by atoms with Crippen molar-refractivity contribution < 1.29 is 63.6 Å². The fourth-order valence-corrected chi connectivity index (χ4v) is 0. The van der Waals surface area contributed by atoms with Crippen LogP contribution in [0.25, 0.3) is 0 Å². The average molecular weight is 376 g/mol. The Bertz CT molecular complexity index is 25.2. The van der Waals surface area contributed by atoms with E-state index in [2.05, 4.69) is 27.2 Å². The number of hydrogen-bond donors (Lipinski definition) is 0. The Morgan fingerprint density at radius 1 is 0.500 bits per heavy atom. The minimum Gasteiger partial charge on any atom is -0.545 e. The minimum absolute atomic E-state index is 0. The summed E-state index contributed by atoms with van der Waals surface area (Å²) in [6, 6.07) is 0. The molecule has 0 spiro atoms. The first-order valence-electron chi connectivity index (χ1n) is 0.943. The first kappa shape index (κ1) is 49.6. The summed E-state index contributed by atoms with van der Waals surface area (Å²) in [5, 5.41) is 0. The van der Waals surface area contributed by atoms with E-state index in [-0.39, 0.29) is 44.4 Å². The molecular formula is C4H4CoHgO4-4. The Labute approximate surface area is 90.4 Å². The van der Waals surface area contributed by atoms with Crippen molar-refractivity contribution in [2.24, 2.45) is 0 Å². The zero-order valence-corrected chi connectivity index (χ0v) is 11.5. The van der Waals surface area contributed by atoms with Gasteiger partial charge in [-0.2, -0.15) is 0 Å². The van der Waals surface area contributed by atoms with Gasteiger partial charge in [-0.05, 0) is 0 Å². The third-order valence-corrected chi connectivity index (χ3v) is 0. The summed E-state index contributed by atoms with van der Waals surface area (Å²) in [4.78, 5) is 31.0. The van der Waals surface area contributed by atoms with Gasteiger partial charge in [0.1, 0.15) is 0 Å². The maximum absolute atomic E-state index is 7.75. The second-order valence-corrected chi connectivity index (χ2v) is 0. The molecule has 0 N–H and O–H groups in total. The van der Waals surface area contributed by atoms with Crippen molar-refractivity contribution in [2.45, 2.75) is 0 Å². The zero-order valence-electron chi connectivity index (χ0n) is 4.98. The third kappa shape index (κ3) is 27900. The van der Waals surface area contributed by atoms with E-state index in [1.165, 1.54) is 0 Å². The minimum atomic E-state index is 0. The summed E-state index contributed by atoms with van der Waals surface area (Å²) >= 11 is 0. The van der Waals surface area contributed by atoms with Crippen LogP contribution in [-0.2, 0) is 63.6 Å². The fraction of sp³-hybridized carbons (Fsp3) is 0. The van der Waals surface area contributed by atoms with Crippen molar-refractivity contribution in [3.8, 4) is 0 Å². The van der Waals surface area contributed by atoms with Gasteiger partial charge in [-0.3, -0.25) is 27.2 Å². The summed E-state index contributed by atoms with van der Waals surface area (Å²) in [6.45, 7) is 13.0. The van der Waals surface area contributed by atoms with Crippen LogP contribution in [0.15, 0.2) is 0 Å². The fourth-order valence-electron chi connectivity index (χ4n) is 0. The van der Waals surface area contributed by atoms with Crippen molar-refractivity contribution in [2.75, 3.05) is 0 Å². The zero-order chi connectivity index (χ0) is 8.00.